The van der Waals surface area contributed by atoms with Crippen LogP contribution in [-0.4, -0.2) is 0 Å². The van der Waals surface area contributed by atoms with Crippen LogP contribution in [0.2, 0.25) is 0 Å². The molecule has 1 heteroatoms. The van der Waals surface area contributed by atoms with Crippen molar-refractivity contribution in [3.05, 3.63) is 19.1 Å². The molecule has 0 aliphatic rings. The summed E-state index contributed by atoms with van der Waals surface area (Å²) in [5.41, 5.74) is 0. The fraction of sp³-hybridized carbons (Fsp3) is 0.625. The minimum Gasteiger partial charge on any atom is -0.501 e. The third-order valence-corrected chi connectivity index (χ3v) is 0.553. The molecule has 0 aromatic heterocycles. The number of hydrogen-bond acceptors (Lipinski definition) is 0. The van der Waals surface area contributed by atoms with Gasteiger partial charge in [0.25, 0.3) is 0 Å². The minimum atomic E-state index is 0. The first-order chi connectivity index (χ1) is 3.91. The molecule has 0 heterocycles. The van der Waals surface area contributed by atoms with Crippen molar-refractivity contribution in [1.29, 1.82) is 0 Å². The third kappa shape index (κ3) is 29.9. The number of hydrogen-bond donors (Lipinski definition) is 0. The van der Waals surface area contributed by atoms with Crippen LogP contribution in [-0.2, 0) is 19.5 Å². The van der Waals surface area contributed by atoms with E-state index in [1.165, 1.54) is 0 Å². The van der Waals surface area contributed by atoms with Crippen molar-refractivity contribution in [2.45, 2.75) is 33.6 Å². The summed E-state index contributed by atoms with van der Waals surface area (Å²) in [6.07, 6.45) is 7.30. The van der Waals surface area contributed by atoms with Gasteiger partial charge < -0.3 is 13.0 Å². The zero-order valence-electron chi connectivity index (χ0n) is 6.91. The van der Waals surface area contributed by atoms with Crippen LogP contribution in [0.4, 0.5) is 0 Å². The second-order valence-electron chi connectivity index (χ2n) is 1.17. The molecule has 0 rings (SSSR count). The van der Waals surface area contributed by atoms with E-state index in [4.69, 9.17) is 0 Å². The Labute approximate surface area is 72.5 Å². The SMILES string of the molecule is CC[C-]=CCC.[CH2-]C.[Zn+2]. The Morgan fingerprint density at radius 3 is 1.89 bits per heavy atom. The summed E-state index contributed by atoms with van der Waals surface area (Å²) >= 11 is 0. The molecule has 0 aromatic carbocycles. The van der Waals surface area contributed by atoms with Gasteiger partial charge in [0.15, 0.2) is 0 Å². The minimum absolute atomic E-state index is 0. The Hall–Kier alpha value is 0.363. The number of rotatable bonds is 2. The van der Waals surface area contributed by atoms with Crippen LogP contribution < -0.4 is 0 Å². The second-order valence-corrected chi connectivity index (χ2v) is 1.17. The zero-order chi connectivity index (χ0) is 6.83. The quantitative estimate of drug-likeness (QED) is 0.449. The van der Waals surface area contributed by atoms with E-state index < -0.39 is 0 Å². The molecular formula is C8H16Zn. The molecular weight excluding hydrogens is 161 g/mol. The predicted molar refractivity (Wildman–Crippen MR) is 39.4 cm³/mol. The van der Waals surface area contributed by atoms with E-state index in [1.54, 1.807) is 6.92 Å². The topological polar surface area (TPSA) is 0 Å². The third-order valence-electron chi connectivity index (χ3n) is 0.553. The van der Waals surface area contributed by atoms with Crippen molar-refractivity contribution in [2.75, 3.05) is 0 Å². The van der Waals surface area contributed by atoms with Crippen LogP contribution in [0.15, 0.2) is 6.08 Å². The molecule has 0 atom stereocenters. The van der Waals surface area contributed by atoms with Crippen molar-refractivity contribution in [3.8, 4) is 0 Å². The van der Waals surface area contributed by atoms with Gasteiger partial charge in [0.05, 0.1) is 0 Å². The second kappa shape index (κ2) is 23.8. The fourth-order valence-corrected chi connectivity index (χ4v) is 0.289. The van der Waals surface area contributed by atoms with Crippen LogP contribution in [0.1, 0.15) is 33.6 Å². The van der Waals surface area contributed by atoms with E-state index >= 15 is 0 Å². The molecule has 0 aromatic rings. The Morgan fingerprint density at radius 1 is 1.33 bits per heavy atom. The molecule has 0 nitrogen and oxygen atoms in total. The smallest absolute Gasteiger partial charge is 0.501 e. The van der Waals surface area contributed by atoms with Gasteiger partial charge in [0, 0.05) is 0 Å². The van der Waals surface area contributed by atoms with Gasteiger partial charge >= 0.3 is 19.5 Å². The molecule has 0 aliphatic heterocycles. The average Bonchev–Trinajstić information content (AvgIpc) is 1.88. The maximum Gasteiger partial charge on any atom is 2.00 e. The Balaban J connectivity index is -0.000000109. The molecule has 0 N–H and O–H groups in total. The van der Waals surface area contributed by atoms with Crippen molar-refractivity contribution >= 4 is 0 Å². The van der Waals surface area contributed by atoms with Gasteiger partial charge in [0.1, 0.15) is 0 Å². The van der Waals surface area contributed by atoms with Gasteiger partial charge in [0.2, 0.25) is 0 Å². The zero-order valence-corrected chi connectivity index (χ0v) is 9.87. The average molecular weight is 178 g/mol. The monoisotopic (exact) mass is 176 g/mol. The van der Waals surface area contributed by atoms with Gasteiger partial charge in [-0.15, -0.1) is 0 Å². The van der Waals surface area contributed by atoms with E-state index in [0.29, 0.717) is 0 Å². The first-order valence-corrected chi connectivity index (χ1v) is 3.17. The van der Waals surface area contributed by atoms with E-state index in [9.17, 15) is 0 Å². The summed E-state index contributed by atoms with van der Waals surface area (Å²) in [6, 6.07) is 0. The van der Waals surface area contributed by atoms with E-state index in [-0.39, 0.29) is 19.5 Å². The van der Waals surface area contributed by atoms with Crippen LogP contribution in [0.3, 0.4) is 0 Å². The maximum atomic E-state index is 3.25. The summed E-state index contributed by atoms with van der Waals surface area (Å²) in [6.45, 7) is 9.20. The largest absolute Gasteiger partial charge is 2.00 e. The summed E-state index contributed by atoms with van der Waals surface area (Å²) in [5, 5.41) is 0. The van der Waals surface area contributed by atoms with E-state index in [1.807, 2.05) is 0 Å². The summed E-state index contributed by atoms with van der Waals surface area (Å²) in [7, 11) is 0. The molecule has 0 aliphatic carbocycles. The van der Waals surface area contributed by atoms with E-state index in [0.717, 1.165) is 12.8 Å². The molecule has 0 saturated carbocycles. The standard InChI is InChI=1S/C6H11.C2H5.Zn/c1-3-5-6-4-2;1-2;/h5H,3-4H2,1-2H3;1H2,2H3;/q2*-1;+2. The predicted octanol–water partition coefficient (Wildman–Crippen LogP) is 3.00. The molecule has 0 spiro atoms. The Bertz CT molecular complexity index is 33.8. The van der Waals surface area contributed by atoms with Crippen molar-refractivity contribution in [2.24, 2.45) is 0 Å². The van der Waals surface area contributed by atoms with Gasteiger partial charge in [-0.3, -0.25) is 6.08 Å². The van der Waals surface area contributed by atoms with Gasteiger partial charge in [-0.25, -0.2) is 0 Å². The molecule has 9 heavy (non-hydrogen) atoms. The molecule has 0 unspecified atom stereocenters. The van der Waals surface area contributed by atoms with Crippen molar-refractivity contribution < 1.29 is 19.5 Å². The first-order valence-electron chi connectivity index (χ1n) is 3.17. The molecule has 0 amide bonds. The van der Waals surface area contributed by atoms with Crippen LogP contribution in [0.25, 0.3) is 0 Å². The van der Waals surface area contributed by atoms with Gasteiger partial charge in [-0.2, -0.15) is 13.3 Å². The molecule has 50 valence electrons. The van der Waals surface area contributed by atoms with Crippen LogP contribution >= 0.6 is 0 Å². The van der Waals surface area contributed by atoms with Crippen molar-refractivity contribution in [1.82, 2.24) is 0 Å². The Morgan fingerprint density at radius 2 is 1.78 bits per heavy atom. The first kappa shape index (κ1) is 16.2. The molecule has 0 saturated heterocycles. The Kier molecular flexibility index (Phi) is 42.8. The van der Waals surface area contributed by atoms with Gasteiger partial charge in [-0.05, 0) is 0 Å². The van der Waals surface area contributed by atoms with Crippen molar-refractivity contribution in [3.63, 3.8) is 0 Å². The molecule has 0 fully saturated rings. The summed E-state index contributed by atoms with van der Waals surface area (Å²) in [5.74, 6) is 0. The number of allylic oxidation sites excluding steroid dienone is 2. The normalized spacial score (nSPS) is 7.56. The van der Waals surface area contributed by atoms with E-state index in [2.05, 4.69) is 32.9 Å². The maximum absolute atomic E-state index is 3.25. The van der Waals surface area contributed by atoms with Crippen LogP contribution in [0, 0.1) is 13.0 Å². The molecule has 0 radical (unpaired) electrons. The van der Waals surface area contributed by atoms with Crippen LogP contribution in [0.5, 0.6) is 0 Å². The van der Waals surface area contributed by atoms with Gasteiger partial charge in [-0.1, -0.05) is 20.3 Å². The summed E-state index contributed by atoms with van der Waals surface area (Å²) in [4.78, 5) is 0. The summed E-state index contributed by atoms with van der Waals surface area (Å²) < 4.78 is 0. The fourth-order valence-electron chi connectivity index (χ4n) is 0.289. The molecule has 0 bridgehead atoms.